The molecule has 1 aromatic carbocycles. The summed E-state index contributed by atoms with van der Waals surface area (Å²) in [4.78, 5) is 15.2. The van der Waals surface area contributed by atoms with Gasteiger partial charge in [0.2, 0.25) is 0 Å². The Morgan fingerprint density at radius 2 is 1.79 bits per heavy atom. The zero-order valence-electron chi connectivity index (χ0n) is 16.3. The van der Waals surface area contributed by atoms with Crippen LogP contribution in [0.15, 0.2) is 36.5 Å². The van der Waals surface area contributed by atoms with Gasteiger partial charge in [-0.1, -0.05) is 0 Å². The highest BCUT2D eigenvalue weighted by molar-refractivity contribution is 6.03. The number of ether oxygens (including phenoxy) is 2. The maximum Gasteiger partial charge on any atom is 0.256 e. The largest absolute Gasteiger partial charge is 0.497 e. The Balaban J connectivity index is 1.37. The molecule has 150 valence electrons. The van der Waals surface area contributed by atoms with Gasteiger partial charge in [0.25, 0.3) is 5.91 Å². The zero-order chi connectivity index (χ0) is 19.3. The van der Waals surface area contributed by atoms with Crippen molar-refractivity contribution in [3.8, 4) is 5.75 Å². The fraction of sp³-hybridized carbons (Fsp3) is 0.524. The number of nitrogens with one attached hydrogen (secondary N) is 1. The Morgan fingerprint density at radius 1 is 1.07 bits per heavy atom. The van der Waals surface area contributed by atoms with E-state index in [0.29, 0.717) is 17.6 Å². The molecule has 4 rings (SSSR count). The van der Waals surface area contributed by atoms with Gasteiger partial charge in [0.15, 0.2) is 0 Å². The van der Waals surface area contributed by atoms with Gasteiger partial charge in [-0.15, -0.1) is 0 Å². The molecular weight excluding hydrogens is 356 g/mol. The van der Waals surface area contributed by atoms with Crippen molar-refractivity contribution in [2.24, 2.45) is 0 Å². The van der Waals surface area contributed by atoms with Gasteiger partial charge < -0.3 is 19.7 Å². The van der Waals surface area contributed by atoms with Crippen LogP contribution >= 0.6 is 0 Å². The number of carbonyl (C=O) groups is 1. The Bertz CT molecular complexity index is 775. The van der Waals surface area contributed by atoms with Crippen LogP contribution in [0.2, 0.25) is 0 Å². The Labute approximate surface area is 165 Å². The van der Waals surface area contributed by atoms with Crippen LogP contribution in [0, 0.1) is 0 Å². The Hall–Kier alpha value is -2.38. The topological polar surface area (TPSA) is 68.6 Å². The second-order valence-corrected chi connectivity index (χ2v) is 7.45. The van der Waals surface area contributed by atoms with Crippen molar-refractivity contribution in [2.75, 3.05) is 38.7 Å². The number of amides is 1. The van der Waals surface area contributed by atoms with Crippen LogP contribution in [0.1, 0.15) is 42.1 Å². The number of nitrogens with zero attached hydrogens (tertiary/aromatic N) is 3. The molecule has 2 saturated heterocycles. The third-order valence-corrected chi connectivity index (χ3v) is 5.82. The molecule has 2 aliphatic heterocycles. The van der Waals surface area contributed by atoms with Crippen molar-refractivity contribution in [3.63, 3.8) is 0 Å². The first-order valence-electron chi connectivity index (χ1n) is 10.1. The number of piperidine rings is 1. The minimum absolute atomic E-state index is 0.135. The monoisotopic (exact) mass is 384 g/mol. The van der Waals surface area contributed by atoms with E-state index >= 15 is 0 Å². The lowest BCUT2D eigenvalue weighted by molar-refractivity contribution is 0.0214. The highest BCUT2D eigenvalue weighted by atomic mass is 16.5. The van der Waals surface area contributed by atoms with E-state index in [4.69, 9.17) is 9.47 Å². The fourth-order valence-electron chi connectivity index (χ4n) is 4.18. The van der Waals surface area contributed by atoms with E-state index in [1.807, 2.05) is 10.7 Å². The lowest BCUT2D eigenvalue weighted by Gasteiger charge is -2.39. The number of hydrogen-bond acceptors (Lipinski definition) is 5. The van der Waals surface area contributed by atoms with Gasteiger partial charge in [-0.3, -0.25) is 4.79 Å². The molecule has 0 radical (unpaired) electrons. The van der Waals surface area contributed by atoms with Gasteiger partial charge in [0, 0.05) is 44.0 Å². The predicted octanol–water partition coefficient (Wildman–Crippen LogP) is 2.96. The number of rotatable bonds is 5. The summed E-state index contributed by atoms with van der Waals surface area (Å²) in [5.41, 5.74) is 0.600. The van der Waals surface area contributed by atoms with E-state index in [2.05, 4.69) is 15.3 Å². The van der Waals surface area contributed by atoms with Crippen molar-refractivity contribution < 1.29 is 14.3 Å². The summed E-state index contributed by atoms with van der Waals surface area (Å²) in [6, 6.07) is 9.95. The molecule has 0 bridgehead atoms. The van der Waals surface area contributed by atoms with Gasteiger partial charge in [-0.05, 0) is 49.9 Å². The van der Waals surface area contributed by atoms with E-state index in [0.717, 1.165) is 63.6 Å². The van der Waals surface area contributed by atoms with Crippen molar-refractivity contribution in [3.05, 3.63) is 42.1 Å². The lowest BCUT2D eigenvalue weighted by Crippen LogP contribution is -2.44. The molecule has 7 heteroatoms. The second-order valence-electron chi connectivity index (χ2n) is 7.45. The molecule has 0 atom stereocenters. The molecule has 7 nitrogen and oxygen atoms in total. The van der Waals surface area contributed by atoms with Gasteiger partial charge in [-0.2, -0.15) is 5.10 Å². The van der Waals surface area contributed by atoms with Crippen LogP contribution in [0.25, 0.3) is 0 Å². The first-order valence-corrected chi connectivity index (χ1v) is 10.1. The lowest BCUT2D eigenvalue weighted by atomic mass is 10.00. The molecule has 0 saturated carbocycles. The van der Waals surface area contributed by atoms with Crippen LogP contribution in [-0.2, 0) is 4.74 Å². The number of likely N-dealkylation sites (tertiary alicyclic amines) is 1. The maximum atomic E-state index is 12.6. The first-order chi connectivity index (χ1) is 13.7. The molecular formula is C21H28N4O3. The molecule has 2 aliphatic rings. The van der Waals surface area contributed by atoms with Crippen LogP contribution in [-0.4, -0.2) is 60.0 Å². The van der Waals surface area contributed by atoms with E-state index < -0.39 is 0 Å². The van der Waals surface area contributed by atoms with Crippen LogP contribution < -0.4 is 10.1 Å². The number of aromatic nitrogens is 2. The van der Waals surface area contributed by atoms with E-state index in [-0.39, 0.29) is 5.91 Å². The number of benzene rings is 1. The van der Waals surface area contributed by atoms with E-state index in [1.54, 1.807) is 37.6 Å². The molecule has 0 unspecified atom stereocenters. The SMILES string of the molecule is COc1ccc(C(=O)Nc2ccnn2C2CCN(C3CCOCC3)CC2)cc1. The summed E-state index contributed by atoms with van der Waals surface area (Å²) in [5, 5.41) is 7.50. The molecule has 0 aliphatic carbocycles. The third-order valence-electron chi connectivity index (χ3n) is 5.82. The van der Waals surface area contributed by atoms with Gasteiger partial charge in [0.1, 0.15) is 11.6 Å². The van der Waals surface area contributed by atoms with Crippen molar-refractivity contribution in [2.45, 2.75) is 37.8 Å². The summed E-state index contributed by atoms with van der Waals surface area (Å²) < 4.78 is 12.6. The highest BCUT2D eigenvalue weighted by Gasteiger charge is 2.28. The van der Waals surface area contributed by atoms with Crippen LogP contribution in [0.5, 0.6) is 5.75 Å². The second kappa shape index (κ2) is 8.75. The minimum Gasteiger partial charge on any atom is -0.497 e. The van der Waals surface area contributed by atoms with Gasteiger partial charge in [-0.25, -0.2) is 4.68 Å². The normalized spacial score (nSPS) is 19.5. The smallest absolute Gasteiger partial charge is 0.256 e. The molecule has 1 N–H and O–H groups in total. The molecule has 1 amide bonds. The molecule has 2 aromatic rings. The first kappa shape index (κ1) is 19.0. The number of carbonyl (C=O) groups excluding carboxylic acids is 1. The summed E-state index contributed by atoms with van der Waals surface area (Å²) in [6.45, 7) is 3.90. The Kier molecular flexibility index (Phi) is 5.92. The Morgan fingerprint density at radius 3 is 2.46 bits per heavy atom. The quantitative estimate of drug-likeness (QED) is 0.858. The van der Waals surface area contributed by atoms with Gasteiger partial charge >= 0.3 is 0 Å². The van der Waals surface area contributed by atoms with E-state index in [9.17, 15) is 4.79 Å². The van der Waals surface area contributed by atoms with E-state index in [1.165, 1.54) is 0 Å². The third kappa shape index (κ3) is 4.20. The average molecular weight is 384 g/mol. The van der Waals surface area contributed by atoms with Crippen LogP contribution in [0.4, 0.5) is 5.82 Å². The van der Waals surface area contributed by atoms with Crippen LogP contribution in [0.3, 0.4) is 0 Å². The summed E-state index contributed by atoms with van der Waals surface area (Å²) in [6.07, 6.45) is 6.12. The van der Waals surface area contributed by atoms with Gasteiger partial charge in [0.05, 0.1) is 19.3 Å². The van der Waals surface area contributed by atoms with Crippen molar-refractivity contribution in [1.29, 1.82) is 0 Å². The van der Waals surface area contributed by atoms with Crippen molar-refractivity contribution >= 4 is 11.7 Å². The molecule has 2 fully saturated rings. The standard InChI is InChI=1S/C21H28N4O3/c1-27-19-4-2-16(3-5-19)21(26)23-20-6-11-22-25(20)18-7-12-24(13-8-18)17-9-14-28-15-10-17/h2-6,11,17-18H,7-10,12-15H2,1H3,(H,23,26). The average Bonchev–Trinajstić information content (AvgIpc) is 3.22. The fourth-order valence-corrected chi connectivity index (χ4v) is 4.18. The number of methoxy groups -OCH3 is 1. The molecule has 1 aromatic heterocycles. The maximum absolute atomic E-state index is 12.6. The number of anilines is 1. The summed E-state index contributed by atoms with van der Waals surface area (Å²) >= 11 is 0. The summed E-state index contributed by atoms with van der Waals surface area (Å²) in [7, 11) is 1.61. The van der Waals surface area contributed by atoms with Crippen molar-refractivity contribution in [1.82, 2.24) is 14.7 Å². The summed E-state index contributed by atoms with van der Waals surface area (Å²) in [5.74, 6) is 1.35. The molecule has 0 spiro atoms. The molecule has 3 heterocycles. The zero-order valence-corrected chi connectivity index (χ0v) is 16.3. The molecule has 28 heavy (non-hydrogen) atoms. The predicted molar refractivity (Wildman–Crippen MR) is 107 cm³/mol. The highest BCUT2D eigenvalue weighted by Crippen LogP contribution is 2.28. The minimum atomic E-state index is -0.135. The number of hydrogen-bond donors (Lipinski definition) is 1.